The number of benzene rings is 2. The number of nitrogens with zero attached hydrogens (tertiary/aromatic N) is 2. The smallest absolute Gasteiger partial charge is 0.165 e. The van der Waals surface area contributed by atoms with Gasteiger partial charge in [0.15, 0.2) is 5.78 Å². The second kappa shape index (κ2) is 8.21. The Morgan fingerprint density at radius 2 is 1.93 bits per heavy atom. The molecule has 0 aliphatic carbocycles. The molecule has 2 heterocycles. The maximum absolute atomic E-state index is 13.2. The molecule has 0 spiro atoms. The predicted molar refractivity (Wildman–Crippen MR) is 118 cm³/mol. The first-order valence-corrected chi connectivity index (χ1v) is 10.8. The molecule has 2 aromatic carbocycles. The number of hydrogen-bond donors (Lipinski definition) is 1. The fraction of sp³-hybridized carbons (Fsp3) is 0.375. The van der Waals surface area contributed by atoms with Gasteiger partial charge in [-0.1, -0.05) is 24.6 Å². The molecule has 1 fully saturated rings. The topological polar surface area (TPSA) is 45.5 Å². The van der Waals surface area contributed by atoms with Crippen LogP contribution >= 0.6 is 11.6 Å². The van der Waals surface area contributed by atoms with E-state index in [1.54, 1.807) is 6.07 Å². The summed E-state index contributed by atoms with van der Waals surface area (Å²) >= 11 is 6.26. The van der Waals surface area contributed by atoms with Gasteiger partial charge in [0.2, 0.25) is 0 Å². The van der Waals surface area contributed by atoms with Crippen molar-refractivity contribution in [3.05, 3.63) is 58.2 Å². The summed E-state index contributed by atoms with van der Waals surface area (Å²) in [6.07, 6.45) is 3.65. The SMILES string of the molecule is CCCC(=O)c1c(C)n(-c2cccc(Cl)c2)c2ccc(O)c(CN3CCCC3)c12. The van der Waals surface area contributed by atoms with Crippen molar-refractivity contribution in [2.24, 2.45) is 0 Å². The van der Waals surface area contributed by atoms with Crippen molar-refractivity contribution >= 4 is 28.3 Å². The number of phenols is 1. The summed E-state index contributed by atoms with van der Waals surface area (Å²) in [4.78, 5) is 15.5. The van der Waals surface area contributed by atoms with Gasteiger partial charge in [-0.3, -0.25) is 9.69 Å². The van der Waals surface area contributed by atoms with Gasteiger partial charge in [-0.05, 0) is 69.6 Å². The second-order valence-corrected chi connectivity index (χ2v) is 8.33. The number of carbonyl (C=O) groups is 1. The van der Waals surface area contributed by atoms with Crippen LogP contribution < -0.4 is 0 Å². The van der Waals surface area contributed by atoms with Crippen LogP contribution in [0.15, 0.2) is 36.4 Å². The van der Waals surface area contributed by atoms with Crippen LogP contribution in [0.4, 0.5) is 0 Å². The zero-order valence-electron chi connectivity index (χ0n) is 17.0. The van der Waals surface area contributed by atoms with Crippen LogP contribution in [0, 0.1) is 6.92 Å². The average molecular weight is 411 g/mol. The minimum Gasteiger partial charge on any atom is -0.508 e. The largest absolute Gasteiger partial charge is 0.508 e. The zero-order valence-corrected chi connectivity index (χ0v) is 17.8. The molecule has 4 nitrogen and oxygen atoms in total. The van der Waals surface area contributed by atoms with Gasteiger partial charge in [0.1, 0.15) is 5.75 Å². The van der Waals surface area contributed by atoms with Gasteiger partial charge in [-0.2, -0.15) is 0 Å². The Labute approximate surface area is 176 Å². The van der Waals surface area contributed by atoms with E-state index < -0.39 is 0 Å². The Morgan fingerprint density at radius 3 is 2.62 bits per heavy atom. The standard InChI is InChI=1S/C24H27ClN2O2/c1-3-7-22(29)23-16(2)27(18-9-6-8-17(25)14-18)20-10-11-21(28)19(24(20)23)15-26-12-4-5-13-26/h6,8-11,14,28H,3-5,7,12-13,15H2,1-2H3. The van der Waals surface area contributed by atoms with E-state index in [2.05, 4.69) is 9.47 Å². The van der Waals surface area contributed by atoms with Gasteiger partial charge in [-0.15, -0.1) is 0 Å². The molecule has 0 bridgehead atoms. The number of Topliss-reactive ketones (excluding diaryl/α,β-unsaturated/α-hetero) is 1. The third-order valence-electron chi connectivity index (χ3n) is 5.86. The second-order valence-electron chi connectivity index (χ2n) is 7.89. The first-order chi connectivity index (χ1) is 14.0. The van der Waals surface area contributed by atoms with Gasteiger partial charge in [0, 0.05) is 45.9 Å². The molecule has 1 aromatic heterocycles. The van der Waals surface area contributed by atoms with Gasteiger partial charge in [-0.25, -0.2) is 0 Å². The molecule has 1 N–H and O–H groups in total. The highest BCUT2D eigenvalue weighted by Gasteiger charge is 2.25. The first kappa shape index (κ1) is 20.0. The molecule has 5 heteroatoms. The summed E-state index contributed by atoms with van der Waals surface area (Å²) in [5.74, 6) is 0.391. The minimum atomic E-state index is 0.129. The number of likely N-dealkylation sites (tertiary alicyclic amines) is 1. The highest BCUT2D eigenvalue weighted by molar-refractivity contribution is 6.30. The van der Waals surface area contributed by atoms with E-state index in [0.29, 0.717) is 18.0 Å². The monoisotopic (exact) mass is 410 g/mol. The zero-order chi connectivity index (χ0) is 20.5. The quantitative estimate of drug-likeness (QED) is 0.516. The fourth-order valence-electron chi connectivity index (χ4n) is 4.53. The van der Waals surface area contributed by atoms with Crippen LogP contribution in [0.5, 0.6) is 5.75 Å². The Bertz CT molecular complexity index is 1060. The molecular formula is C24H27ClN2O2. The molecule has 152 valence electrons. The molecule has 0 saturated carbocycles. The maximum Gasteiger partial charge on any atom is 0.165 e. The number of halogens is 1. The number of phenolic OH excluding ortho intramolecular Hbond substituents is 1. The fourth-order valence-corrected chi connectivity index (χ4v) is 4.71. The number of rotatable bonds is 6. The van der Waals surface area contributed by atoms with Crippen molar-refractivity contribution in [2.45, 2.75) is 46.1 Å². The molecular weight excluding hydrogens is 384 g/mol. The molecule has 0 radical (unpaired) electrons. The van der Waals surface area contributed by atoms with Crippen molar-refractivity contribution in [1.82, 2.24) is 9.47 Å². The molecule has 0 atom stereocenters. The summed E-state index contributed by atoms with van der Waals surface area (Å²) in [6.45, 7) is 6.73. The van der Waals surface area contributed by atoms with E-state index in [9.17, 15) is 9.90 Å². The van der Waals surface area contributed by atoms with Gasteiger partial charge < -0.3 is 9.67 Å². The van der Waals surface area contributed by atoms with Crippen molar-refractivity contribution in [1.29, 1.82) is 0 Å². The maximum atomic E-state index is 13.2. The lowest BCUT2D eigenvalue weighted by atomic mass is 9.98. The summed E-state index contributed by atoms with van der Waals surface area (Å²) in [5.41, 5.74) is 4.35. The van der Waals surface area contributed by atoms with Crippen LogP contribution in [-0.2, 0) is 6.54 Å². The van der Waals surface area contributed by atoms with Crippen LogP contribution in [0.25, 0.3) is 16.6 Å². The Kier molecular flexibility index (Phi) is 5.66. The molecule has 1 aliphatic rings. The van der Waals surface area contributed by atoms with Crippen molar-refractivity contribution < 1.29 is 9.90 Å². The molecule has 29 heavy (non-hydrogen) atoms. The highest BCUT2D eigenvalue weighted by atomic mass is 35.5. The van der Waals surface area contributed by atoms with Crippen LogP contribution in [0.1, 0.15) is 54.2 Å². The van der Waals surface area contributed by atoms with Crippen molar-refractivity contribution in [2.75, 3.05) is 13.1 Å². The molecule has 0 amide bonds. The van der Waals surface area contributed by atoms with Crippen molar-refractivity contribution in [3.63, 3.8) is 0 Å². The summed E-state index contributed by atoms with van der Waals surface area (Å²) in [7, 11) is 0. The number of aromatic nitrogens is 1. The Hall–Kier alpha value is -2.30. The third-order valence-corrected chi connectivity index (χ3v) is 6.09. The van der Waals surface area contributed by atoms with Crippen LogP contribution in [-0.4, -0.2) is 33.4 Å². The number of ketones is 1. The van der Waals surface area contributed by atoms with Crippen LogP contribution in [0.3, 0.4) is 0 Å². The molecule has 3 aromatic rings. The molecule has 1 aliphatic heterocycles. The van der Waals surface area contributed by atoms with E-state index in [1.807, 2.05) is 44.2 Å². The van der Waals surface area contributed by atoms with E-state index >= 15 is 0 Å². The molecule has 4 rings (SSSR count). The number of hydrogen-bond acceptors (Lipinski definition) is 3. The van der Waals surface area contributed by atoms with E-state index in [0.717, 1.165) is 52.9 Å². The predicted octanol–water partition coefficient (Wildman–Crippen LogP) is 5.88. The Balaban J connectivity index is 2.00. The number of carbonyl (C=O) groups excluding carboxylic acids is 1. The summed E-state index contributed by atoms with van der Waals surface area (Å²) in [6, 6.07) is 11.3. The van der Waals surface area contributed by atoms with Gasteiger partial charge in [0.05, 0.1) is 5.52 Å². The molecule has 0 unspecified atom stereocenters. The third kappa shape index (κ3) is 3.67. The normalized spacial score (nSPS) is 14.7. The van der Waals surface area contributed by atoms with Gasteiger partial charge >= 0.3 is 0 Å². The summed E-state index contributed by atoms with van der Waals surface area (Å²) < 4.78 is 2.09. The van der Waals surface area contributed by atoms with E-state index in [-0.39, 0.29) is 11.5 Å². The lowest BCUT2D eigenvalue weighted by Gasteiger charge is -2.17. The highest BCUT2D eigenvalue weighted by Crippen LogP contribution is 2.38. The van der Waals surface area contributed by atoms with Crippen LogP contribution in [0.2, 0.25) is 5.02 Å². The Morgan fingerprint density at radius 1 is 1.17 bits per heavy atom. The van der Waals surface area contributed by atoms with Gasteiger partial charge in [0.25, 0.3) is 0 Å². The lowest BCUT2D eigenvalue weighted by Crippen LogP contribution is -2.18. The number of aromatic hydroxyl groups is 1. The number of fused-ring (bicyclic) bond motifs is 1. The van der Waals surface area contributed by atoms with Crippen molar-refractivity contribution in [3.8, 4) is 11.4 Å². The minimum absolute atomic E-state index is 0.129. The van der Waals surface area contributed by atoms with E-state index in [4.69, 9.17) is 11.6 Å². The lowest BCUT2D eigenvalue weighted by molar-refractivity contribution is 0.0982. The summed E-state index contributed by atoms with van der Waals surface area (Å²) in [5, 5.41) is 12.3. The average Bonchev–Trinajstić information content (AvgIpc) is 3.29. The first-order valence-electron chi connectivity index (χ1n) is 10.4. The van der Waals surface area contributed by atoms with E-state index in [1.165, 1.54) is 12.8 Å². The molecule has 1 saturated heterocycles.